The molecule has 40 nitrogen and oxygen atoms in total. The monoisotopic (exact) mass is 1800 g/mol. The third kappa shape index (κ3) is 25.6. The molecule has 0 saturated heterocycles. The number of carbonyl (C=O) groups is 18. The Hall–Kier alpha value is -13.8. The van der Waals surface area contributed by atoms with E-state index >= 15 is 0 Å². The number of amides is 17. The van der Waals surface area contributed by atoms with Crippen LogP contribution in [-0.2, 0) is 129 Å². The summed E-state index contributed by atoms with van der Waals surface area (Å²) in [7, 11) is 13.3. The van der Waals surface area contributed by atoms with E-state index in [9.17, 15) is 96.2 Å². The first-order valence-electron chi connectivity index (χ1n) is 42.8. The molecule has 0 bridgehead atoms. The van der Waals surface area contributed by atoms with Gasteiger partial charge in [-0.15, -0.1) is 0 Å². The molecule has 130 heavy (non-hydrogen) atoms. The summed E-state index contributed by atoms with van der Waals surface area (Å²) in [5.41, 5.74) is 5.64. The Kier molecular flexibility index (Phi) is 34.4. The molecule has 0 spiro atoms. The number of nitrogens with one attached hydrogen (secondary N) is 5. The van der Waals surface area contributed by atoms with Crippen LogP contribution in [0.5, 0.6) is 0 Å². The zero-order valence-electron chi connectivity index (χ0n) is 76.0. The predicted octanol–water partition coefficient (Wildman–Crippen LogP) is 0.137. The summed E-state index contributed by atoms with van der Waals surface area (Å²) in [5, 5.41) is 26.8. The van der Waals surface area contributed by atoms with Gasteiger partial charge in [0, 0.05) is 138 Å². The number of unbranched alkanes of at least 4 members (excludes halogenated alkanes) is 3. The maximum Gasteiger partial charge on any atom is 0.407 e. The van der Waals surface area contributed by atoms with E-state index in [0.717, 1.165) is 76.6 Å². The average molecular weight is 1800 g/mol. The summed E-state index contributed by atoms with van der Waals surface area (Å²) < 4.78 is 12.7. The number of imide groups is 1. The zero-order chi connectivity index (χ0) is 95.4. The number of hydrogen-bond donors (Lipinski definition) is 6. The number of esters is 1. The molecule has 0 fully saturated rings. The minimum Gasteiger partial charge on any atom is -0.458 e. The van der Waals surface area contributed by atoms with Gasteiger partial charge in [0.05, 0.1) is 101 Å². The van der Waals surface area contributed by atoms with Crippen LogP contribution in [0.4, 0.5) is 10.5 Å². The van der Waals surface area contributed by atoms with Gasteiger partial charge in [-0.3, -0.25) is 86.4 Å². The maximum absolute atomic E-state index is 14.5. The van der Waals surface area contributed by atoms with E-state index in [2.05, 4.69) is 26.6 Å². The van der Waals surface area contributed by atoms with Crippen LogP contribution >= 0.6 is 0 Å². The number of alkyl carbamates (subject to hydrolysis) is 1. The van der Waals surface area contributed by atoms with Gasteiger partial charge in [0.25, 0.3) is 17.4 Å². The first-order valence-corrected chi connectivity index (χ1v) is 42.8. The van der Waals surface area contributed by atoms with Gasteiger partial charge in [-0.1, -0.05) is 55.8 Å². The SMILES string of the molecule is CC[C@@]1(O)C(=O)OCc2c1cc1n(c2=O)Cc2c-1nc1cc(C)c(C)c3c1c2[C@@H](NC(=O)OCc1ccc(NC(=O)[C@H](CCCCNC(=O)CN(C)C(=O)CN(C)C(=O)CN(C)C(=O)CN(C)C(=O)CN(C)C(=O)CN(C)C(=O)CN(C)C(=O)CN(C)C(=O)CN(C)C(=O)CN(C)C(C)=O)NC(=O)[C@H](Cc2ccccc2)NC(=O)CCCCCN2C(=O)C=CC2=O)cc1)CC3. The quantitative estimate of drug-likeness (QED) is 0.0169. The number of rotatable bonds is 42. The minimum absolute atomic E-state index is 0.00333. The average Bonchev–Trinajstić information content (AvgIpc) is 1.51. The number of aromatic nitrogens is 2. The zero-order valence-corrected chi connectivity index (χ0v) is 76.0. The number of pyridine rings is 2. The summed E-state index contributed by atoms with van der Waals surface area (Å²) in [4.78, 5) is 268. The van der Waals surface area contributed by atoms with Crippen molar-refractivity contribution in [1.82, 2.24) is 84.7 Å². The molecule has 5 heterocycles. The first-order chi connectivity index (χ1) is 61.5. The van der Waals surface area contributed by atoms with Crippen LogP contribution in [0.2, 0.25) is 0 Å². The molecular formula is C90H116N18O22. The standard InChI is InChI=1S/C90H116N18O22/c1-15-90(128)63-40-68-84-61(41-108(68)87(125)62(63)53-129-88(90)126)83-64(33-32-60-55(3)54(2)38-66(94-84)82(60)83)96-89(127)130-52-58-28-30-59(31-29-58)92-85(123)65(95-86(124)67(39-57-24-18-16-19-25-57)93-69(110)27-20-17-23-37-107-71(112)34-35-72(107)113)26-21-22-36-91-70(111)42-98(6)74(115)44-100(8)76(117)46-102(10)78(119)48-104(12)80(121)50-106(14)81(122)51-105(13)79(120)49-103(11)77(118)47-101(9)75(116)45-99(7)73(114)43-97(5)56(4)109/h16,18-19,24-25,28-31,34-35,38,40,64-65,67,128H,15,17,20-23,26-27,32-33,36-37,39,41-53H2,1-14H3,(H,91,111)(H,92,123)(H,93,110)(H,95,124)(H,96,127)/t64-,65-,67-,90-/m0/s1. The molecule has 5 aromatic rings. The van der Waals surface area contributed by atoms with E-state index in [0.29, 0.717) is 71.4 Å². The molecule has 0 unspecified atom stereocenters. The van der Waals surface area contributed by atoms with Crippen LogP contribution in [0.3, 0.4) is 0 Å². The van der Waals surface area contributed by atoms with Gasteiger partial charge in [0.15, 0.2) is 5.60 Å². The summed E-state index contributed by atoms with van der Waals surface area (Å²) in [6.45, 7) is 2.23. The molecule has 0 saturated carbocycles. The van der Waals surface area contributed by atoms with Crippen molar-refractivity contribution < 1.29 is 101 Å². The lowest BCUT2D eigenvalue weighted by Crippen LogP contribution is -2.53. The van der Waals surface area contributed by atoms with Crippen molar-refractivity contribution in [2.75, 3.05) is 154 Å². The number of ether oxygens (including phenoxy) is 2. The van der Waals surface area contributed by atoms with Gasteiger partial charge in [-0.2, -0.15) is 0 Å². The van der Waals surface area contributed by atoms with Gasteiger partial charge in [-0.05, 0) is 123 Å². The largest absolute Gasteiger partial charge is 0.458 e. The number of likely N-dealkylation sites (N-methyl/N-ethyl adjacent to an activating group) is 10. The van der Waals surface area contributed by atoms with Crippen molar-refractivity contribution in [3.8, 4) is 11.4 Å². The molecule has 4 aliphatic rings. The fraction of sp³-hybridized carbons (Fsp3) is 0.489. The molecule has 4 atom stereocenters. The Morgan fingerprint density at radius 1 is 0.562 bits per heavy atom. The second-order valence-electron chi connectivity index (χ2n) is 33.5. The highest BCUT2D eigenvalue weighted by Crippen LogP contribution is 2.46. The number of hydrogen-bond acceptors (Lipinski definition) is 23. The number of cyclic esters (lactones) is 1. The van der Waals surface area contributed by atoms with Crippen molar-refractivity contribution >= 4 is 123 Å². The number of nitrogens with zero attached hydrogens (tertiary/aromatic N) is 13. The van der Waals surface area contributed by atoms with Crippen molar-refractivity contribution in [1.29, 1.82) is 0 Å². The number of carbonyl (C=O) groups excluding carboxylic acids is 18. The van der Waals surface area contributed by atoms with Gasteiger partial charge in [0.1, 0.15) is 25.3 Å². The van der Waals surface area contributed by atoms with E-state index in [1.54, 1.807) is 72.2 Å². The third-order valence-corrected chi connectivity index (χ3v) is 23.7. The summed E-state index contributed by atoms with van der Waals surface area (Å²) in [5.74, 6) is -10.1. The van der Waals surface area contributed by atoms with Crippen LogP contribution in [0, 0.1) is 13.8 Å². The molecule has 17 amide bonds. The van der Waals surface area contributed by atoms with E-state index < -0.39 is 182 Å². The molecule has 2 aromatic heterocycles. The lowest BCUT2D eigenvalue weighted by molar-refractivity contribution is -0.172. The minimum atomic E-state index is -2.04. The molecule has 6 N–H and O–H groups in total. The van der Waals surface area contributed by atoms with Gasteiger partial charge in [0.2, 0.25) is 82.7 Å². The number of aliphatic hydroxyl groups is 1. The predicted molar refractivity (Wildman–Crippen MR) is 471 cm³/mol. The molecule has 9 rings (SSSR count). The number of anilines is 1. The highest BCUT2D eigenvalue weighted by molar-refractivity contribution is 6.13. The van der Waals surface area contributed by atoms with Gasteiger partial charge in [-0.25, -0.2) is 14.6 Å². The molecular weight excluding hydrogens is 1690 g/mol. The molecule has 3 aromatic carbocycles. The maximum atomic E-state index is 14.5. The topological polar surface area (TPSA) is 477 Å². The number of aryl methyl sites for hydroxylation is 2. The van der Waals surface area contributed by atoms with Gasteiger partial charge >= 0.3 is 12.1 Å². The van der Waals surface area contributed by atoms with Crippen molar-refractivity contribution in [2.24, 2.45) is 0 Å². The fourth-order valence-electron chi connectivity index (χ4n) is 15.2. The van der Waals surface area contributed by atoms with Crippen LogP contribution < -0.4 is 32.1 Å². The second-order valence-corrected chi connectivity index (χ2v) is 33.5. The smallest absolute Gasteiger partial charge is 0.407 e. The lowest BCUT2D eigenvalue weighted by atomic mass is 9.81. The molecule has 698 valence electrons. The van der Waals surface area contributed by atoms with Crippen LogP contribution in [0.1, 0.15) is 128 Å². The molecule has 1 aliphatic carbocycles. The van der Waals surface area contributed by atoms with Crippen LogP contribution in [0.25, 0.3) is 22.3 Å². The van der Waals surface area contributed by atoms with E-state index in [-0.39, 0.29) is 101 Å². The molecule has 0 radical (unpaired) electrons. The highest BCUT2D eigenvalue weighted by Gasteiger charge is 2.46. The summed E-state index contributed by atoms with van der Waals surface area (Å²) in [6.07, 6.45) is 4.56. The second kappa shape index (κ2) is 44.8. The first kappa shape index (κ1) is 99.9. The van der Waals surface area contributed by atoms with Crippen LogP contribution in [-0.4, -0.2) is 336 Å². The van der Waals surface area contributed by atoms with Crippen molar-refractivity contribution in [3.05, 3.63) is 139 Å². The fourth-order valence-corrected chi connectivity index (χ4v) is 15.2. The Balaban J connectivity index is 0.747. The normalized spacial score (nSPS) is 14.8. The molecule has 40 heteroatoms. The van der Waals surface area contributed by atoms with Crippen molar-refractivity contribution in [2.45, 2.75) is 142 Å². The van der Waals surface area contributed by atoms with Gasteiger partial charge < -0.3 is 94.7 Å². The van der Waals surface area contributed by atoms with E-state index in [4.69, 9.17) is 14.5 Å². The van der Waals surface area contributed by atoms with Crippen LogP contribution in [0.15, 0.2) is 83.7 Å². The lowest BCUT2D eigenvalue weighted by Gasteiger charge is -2.31. The highest BCUT2D eigenvalue weighted by atomic mass is 16.6. The summed E-state index contributed by atoms with van der Waals surface area (Å²) in [6, 6.07) is 16.0. The van der Waals surface area contributed by atoms with E-state index in [1.165, 1.54) is 94.5 Å². The third-order valence-electron chi connectivity index (χ3n) is 23.7. The van der Waals surface area contributed by atoms with Crippen molar-refractivity contribution in [3.63, 3.8) is 0 Å². The molecule has 3 aliphatic heterocycles. The Labute approximate surface area is 752 Å². The number of benzene rings is 3. The Bertz CT molecular complexity index is 5310. The number of fused-ring (bicyclic) bond motifs is 5. The Morgan fingerprint density at radius 3 is 1.58 bits per heavy atom. The summed E-state index contributed by atoms with van der Waals surface area (Å²) >= 11 is 0. The Morgan fingerprint density at radius 2 is 1.07 bits per heavy atom. The van der Waals surface area contributed by atoms with E-state index in [1.807, 2.05) is 19.9 Å².